The van der Waals surface area contributed by atoms with Crippen LogP contribution in [0.2, 0.25) is 0 Å². The van der Waals surface area contributed by atoms with Gasteiger partial charge in [-0.15, -0.1) is 0 Å². The van der Waals surface area contributed by atoms with Gasteiger partial charge in [-0.3, -0.25) is 0 Å². The number of nitrogens with one attached hydrogen (secondary N) is 1. The fourth-order valence-corrected chi connectivity index (χ4v) is 2.54. The molecule has 3 nitrogen and oxygen atoms in total. The maximum absolute atomic E-state index is 4.62. The van der Waals surface area contributed by atoms with Crippen molar-refractivity contribution in [2.45, 2.75) is 45.1 Å². The minimum Gasteiger partial charge on any atom is -0.367 e. The van der Waals surface area contributed by atoms with Gasteiger partial charge in [0.2, 0.25) is 0 Å². The van der Waals surface area contributed by atoms with Crippen molar-refractivity contribution in [3.05, 3.63) is 53.5 Å². The molecule has 0 saturated heterocycles. The molecule has 2 atom stereocenters. The summed E-state index contributed by atoms with van der Waals surface area (Å²) in [6.45, 7) is 6.28. The molecule has 1 N–H and O–H groups in total. The van der Waals surface area contributed by atoms with Crippen LogP contribution in [0.5, 0.6) is 0 Å². The molecule has 0 bridgehead atoms. The second-order valence-electron chi connectivity index (χ2n) is 5.91. The second-order valence-corrected chi connectivity index (χ2v) is 5.91. The van der Waals surface area contributed by atoms with Crippen LogP contribution in [0.1, 0.15) is 49.2 Å². The molecule has 1 heterocycles. The van der Waals surface area contributed by atoms with E-state index in [4.69, 9.17) is 0 Å². The molecular formula is C17H21N3. The van der Waals surface area contributed by atoms with Gasteiger partial charge < -0.3 is 5.32 Å². The van der Waals surface area contributed by atoms with E-state index in [1.54, 1.807) is 0 Å². The number of aryl methyl sites for hydroxylation is 1. The number of hydrogen-bond acceptors (Lipinski definition) is 3. The highest BCUT2D eigenvalue weighted by Gasteiger charge is 2.38. The van der Waals surface area contributed by atoms with Crippen LogP contribution in [-0.4, -0.2) is 16.0 Å². The Hall–Kier alpha value is -1.90. The fraction of sp³-hybridized carbons (Fsp3) is 0.412. The van der Waals surface area contributed by atoms with Gasteiger partial charge in [-0.25, -0.2) is 9.97 Å². The lowest BCUT2D eigenvalue weighted by Crippen LogP contribution is -2.09. The average molecular weight is 267 g/mol. The predicted octanol–water partition coefficient (Wildman–Crippen LogP) is 3.88. The first-order valence-electron chi connectivity index (χ1n) is 7.30. The van der Waals surface area contributed by atoms with Crippen molar-refractivity contribution in [2.24, 2.45) is 0 Å². The summed E-state index contributed by atoms with van der Waals surface area (Å²) in [6.07, 6.45) is 1.18. The topological polar surface area (TPSA) is 37.8 Å². The first-order valence-corrected chi connectivity index (χ1v) is 7.30. The van der Waals surface area contributed by atoms with Gasteiger partial charge in [0, 0.05) is 29.6 Å². The lowest BCUT2D eigenvalue weighted by Gasteiger charge is -2.10. The van der Waals surface area contributed by atoms with Gasteiger partial charge in [0.05, 0.1) is 0 Å². The molecule has 2 aromatic rings. The largest absolute Gasteiger partial charge is 0.367 e. The van der Waals surface area contributed by atoms with E-state index >= 15 is 0 Å². The molecule has 1 aromatic carbocycles. The van der Waals surface area contributed by atoms with E-state index in [9.17, 15) is 0 Å². The van der Waals surface area contributed by atoms with Crippen LogP contribution < -0.4 is 5.32 Å². The molecule has 0 spiro atoms. The molecule has 1 aliphatic rings. The van der Waals surface area contributed by atoms with Crippen LogP contribution in [0.4, 0.5) is 5.82 Å². The second kappa shape index (κ2) is 5.23. The number of hydrogen-bond donors (Lipinski definition) is 1. The van der Waals surface area contributed by atoms with Gasteiger partial charge in [-0.1, -0.05) is 44.2 Å². The van der Waals surface area contributed by atoms with E-state index in [0.29, 0.717) is 17.9 Å². The zero-order valence-corrected chi connectivity index (χ0v) is 12.3. The zero-order valence-electron chi connectivity index (χ0n) is 12.3. The Morgan fingerprint density at radius 2 is 1.90 bits per heavy atom. The highest BCUT2D eigenvalue weighted by Crippen LogP contribution is 2.42. The quantitative estimate of drug-likeness (QED) is 0.913. The monoisotopic (exact) mass is 267 g/mol. The number of aromatic nitrogens is 2. The molecule has 20 heavy (non-hydrogen) atoms. The third-order valence-electron chi connectivity index (χ3n) is 3.74. The van der Waals surface area contributed by atoms with Crippen LogP contribution >= 0.6 is 0 Å². The van der Waals surface area contributed by atoms with Crippen LogP contribution in [0.3, 0.4) is 0 Å². The third kappa shape index (κ3) is 2.82. The summed E-state index contributed by atoms with van der Waals surface area (Å²) in [7, 11) is 0. The Morgan fingerprint density at radius 1 is 1.15 bits per heavy atom. The summed E-state index contributed by atoms with van der Waals surface area (Å²) >= 11 is 0. The van der Waals surface area contributed by atoms with Gasteiger partial charge in [0.15, 0.2) is 0 Å². The summed E-state index contributed by atoms with van der Waals surface area (Å²) in [5, 5.41) is 3.55. The Bertz CT molecular complexity index is 592. The summed E-state index contributed by atoms with van der Waals surface area (Å²) in [5.41, 5.74) is 2.45. The van der Waals surface area contributed by atoms with E-state index in [1.807, 2.05) is 13.0 Å². The number of rotatable bonds is 4. The number of nitrogens with zero attached hydrogens (tertiary/aromatic N) is 2. The van der Waals surface area contributed by atoms with Gasteiger partial charge in [-0.2, -0.15) is 0 Å². The van der Waals surface area contributed by atoms with Crippen molar-refractivity contribution < 1.29 is 0 Å². The maximum atomic E-state index is 4.62. The Morgan fingerprint density at radius 3 is 2.60 bits per heavy atom. The third-order valence-corrected chi connectivity index (χ3v) is 3.74. The maximum Gasteiger partial charge on any atom is 0.133 e. The smallest absolute Gasteiger partial charge is 0.133 e. The molecular weight excluding hydrogens is 246 g/mol. The number of benzene rings is 1. The molecule has 1 aromatic heterocycles. The van der Waals surface area contributed by atoms with Crippen molar-refractivity contribution >= 4 is 5.82 Å². The van der Waals surface area contributed by atoms with Gasteiger partial charge in [0.1, 0.15) is 11.6 Å². The van der Waals surface area contributed by atoms with Crippen LogP contribution in [0.25, 0.3) is 0 Å². The first kappa shape index (κ1) is 13.1. The predicted molar refractivity (Wildman–Crippen MR) is 82.1 cm³/mol. The normalized spacial score (nSPS) is 21.0. The van der Waals surface area contributed by atoms with E-state index in [0.717, 1.165) is 17.3 Å². The molecule has 3 rings (SSSR count). The van der Waals surface area contributed by atoms with Crippen molar-refractivity contribution in [1.29, 1.82) is 0 Å². The van der Waals surface area contributed by atoms with Crippen molar-refractivity contribution in [3.8, 4) is 0 Å². The van der Waals surface area contributed by atoms with E-state index in [-0.39, 0.29) is 0 Å². The molecule has 0 aliphatic heterocycles. The summed E-state index contributed by atoms with van der Waals surface area (Å²) in [5.74, 6) is 2.86. The molecule has 0 amide bonds. The minimum absolute atomic E-state index is 0.361. The molecule has 0 radical (unpaired) electrons. The molecule has 1 fully saturated rings. The lowest BCUT2D eigenvalue weighted by atomic mass is 10.1. The number of anilines is 1. The average Bonchev–Trinajstić information content (AvgIpc) is 3.18. The van der Waals surface area contributed by atoms with Gasteiger partial charge >= 0.3 is 0 Å². The molecule has 1 saturated carbocycles. The van der Waals surface area contributed by atoms with E-state index in [1.165, 1.54) is 12.0 Å². The van der Waals surface area contributed by atoms with Gasteiger partial charge in [-0.05, 0) is 18.9 Å². The molecule has 2 unspecified atom stereocenters. The highest BCUT2D eigenvalue weighted by atomic mass is 15.1. The summed E-state index contributed by atoms with van der Waals surface area (Å²) in [6, 6.07) is 13.2. The fourth-order valence-electron chi connectivity index (χ4n) is 2.54. The van der Waals surface area contributed by atoms with Crippen molar-refractivity contribution in [2.75, 3.05) is 5.32 Å². The molecule has 1 aliphatic carbocycles. The van der Waals surface area contributed by atoms with E-state index < -0.39 is 0 Å². The van der Waals surface area contributed by atoms with Crippen molar-refractivity contribution in [3.63, 3.8) is 0 Å². The Balaban J connectivity index is 1.71. The molecule has 104 valence electrons. The Labute approximate surface area is 120 Å². The lowest BCUT2D eigenvalue weighted by molar-refractivity contribution is 0.766. The van der Waals surface area contributed by atoms with E-state index in [2.05, 4.69) is 59.5 Å². The zero-order chi connectivity index (χ0) is 14.1. The van der Waals surface area contributed by atoms with Gasteiger partial charge in [0.25, 0.3) is 0 Å². The highest BCUT2D eigenvalue weighted by molar-refractivity contribution is 5.42. The standard InChI is InChI=1S/C17H21N3/c1-11(2)17-18-12(3)9-16(20-17)19-15-10-14(15)13-7-5-4-6-8-13/h4-9,11,14-15H,10H2,1-3H3,(H,18,19,20). The minimum atomic E-state index is 0.361. The van der Waals surface area contributed by atoms with Crippen LogP contribution in [0.15, 0.2) is 36.4 Å². The summed E-state index contributed by atoms with van der Waals surface area (Å²) in [4.78, 5) is 9.11. The van der Waals surface area contributed by atoms with Crippen LogP contribution in [0, 0.1) is 6.92 Å². The summed E-state index contributed by atoms with van der Waals surface area (Å²) < 4.78 is 0. The first-order chi connectivity index (χ1) is 9.63. The molecule has 3 heteroatoms. The Kier molecular flexibility index (Phi) is 3.43. The van der Waals surface area contributed by atoms with Crippen LogP contribution in [-0.2, 0) is 0 Å². The SMILES string of the molecule is Cc1cc(NC2CC2c2ccccc2)nc(C(C)C)n1. The van der Waals surface area contributed by atoms with Crippen molar-refractivity contribution in [1.82, 2.24) is 9.97 Å².